The van der Waals surface area contributed by atoms with Gasteiger partial charge in [0.2, 0.25) is 5.91 Å². The second-order valence-corrected chi connectivity index (χ2v) is 4.02. The number of halogens is 3. The first-order valence-corrected chi connectivity index (χ1v) is 5.39. The standard InChI is InChI=1S/C11H13F3N2O4/c12-11(13,14)20-5-1-2-6(7(15)3-5)10(19)8(17)4-9(16)18/h1-3,8,10,17,19H,4,15H2,(H2,16,18). The average Bonchev–Trinajstić information content (AvgIpc) is 2.25. The van der Waals surface area contributed by atoms with Gasteiger partial charge in [0.25, 0.3) is 0 Å². The molecule has 0 fully saturated rings. The van der Waals surface area contributed by atoms with Crippen LogP contribution in [0.4, 0.5) is 18.9 Å². The lowest BCUT2D eigenvalue weighted by atomic mass is 10.00. The third-order valence-corrected chi connectivity index (χ3v) is 2.39. The van der Waals surface area contributed by atoms with E-state index < -0.39 is 36.6 Å². The number of primary amides is 1. The van der Waals surface area contributed by atoms with Crippen LogP contribution in [0.15, 0.2) is 18.2 Å². The van der Waals surface area contributed by atoms with E-state index in [-0.39, 0.29) is 11.3 Å². The fourth-order valence-corrected chi connectivity index (χ4v) is 1.54. The summed E-state index contributed by atoms with van der Waals surface area (Å²) in [4.78, 5) is 10.6. The Balaban J connectivity index is 2.90. The molecule has 0 saturated carbocycles. The maximum atomic E-state index is 12.0. The summed E-state index contributed by atoms with van der Waals surface area (Å²) in [5, 5.41) is 19.2. The van der Waals surface area contributed by atoms with E-state index in [4.69, 9.17) is 11.5 Å². The fraction of sp³-hybridized carbons (Fsp3) is 0.364. The van der Waals surface area contributed by atoms with Crippen LogP contribution >= 0.6 is 0 Å². The van der Waals surface area contributed by atoms with Crippen molar-refractivity contribution >= 4 is 11.6 Å². The zero-order valence-electron chi connectivity index (χ0n) is 10.1. The lowest BCUT2D eigenvalue weighted by Crippen LogP contribution is -2.26. The van der Waals surface area contributed by atoms with Gasteiger partial charge in [0.15, 0.2) is 0 Å². The van der Waals surface area contributed by atoms with Crippen molar-refractivity contribution in [2.45, 2.75) is 25.0 Å². The van der Waals surface area contributed by atoms with Crippen molar-refractivity contribution in [1.29, 1.82) is 0 Å². The third-order valence-electron chi connectivity index (χ3n) is 2.39. The molecule has 2 unspecified atom stereocenters. The highest BCUT2D eigenvalue weighted by Crippen LogP contribution is 2.30. The topological polar surface area (TPSA) is 119 Å². The maximum absolute atomic E-state index is 12.0. The molecular formula is C11H13F3N2O4. The number of amides is 1. The number of nitrogens with two attached hydrogens (primary N) is 2. The molecule has 6 nitrogen and oxygen atoms in total. The Morgan fingerprint density at radius 3 is 2.40 bits per heavy atom. The van der Waals surface area contributed by atoms with Crippen LogP contribution < -0.4 is 16.2 Å². The van der Waals surface area contributed by atoms with Gasteiger partial charge in [-0.2, -0.15) is 0 Å². The second kappa shape index (κ2) is 5.97. The van der Waals surface area contributed by atoms with E-state index >= 15 is 0 Å². The molecule has 0 aliphatic rings. The number of alkyl halides is 3. The van der Waals surface area contributed by atoms with Crippen LogP contribution in [0.1, 0.15) is 18.1 Å². The molecule has 0 aromatic heterocycles. The van der Waals surface area contributed by atoms with Crippen molar-refractivity contribution in [1.82, 2.24) is 0 Å². The Kier molecular flexibility index (Phi) is 4.79. The van der Waals surface area contributed by atoms with Gasteiger partial charge in [0.05, 0.1) is 12.5 Å². The molecule has 0 radical (unpaired) electrons. The molecule has 1 aromatic rings. The molecule has 112 valence electrons. The number of ether oxygens (including phenoxy) is 1. The summed E-state index contributed by atoms with van der Waals surface area (Å²) in [6, 6.07) is 2.84. The zero-order valence-corrected chi connectivity index (χ0v) is 10.1. The van der Waals surface area contributed by atoms with Gasteiger partial charge in [-0.15, -0.1) is 13.2 Å². The summed E-state index contributed by atoms with van der Waals surface area (Å²) in [6.45, 7) is 0. The van der Waals surface area contributed by atoms with Gasteiger partial charge in [-0.3, -0.25) is 4.79 Å². The molecule has 6 N–H and O–H groups in total. The predicted molar refractivity (Wildman–Crippen MR) is 62.3 cm³/mol. The number of hydrogen-bond donors (Lipinski definition) is 4. The van der Waals surface area contributed by atoms with Crippen LogP contribution in [0.25, 0.3) is 0 Å². The summed E-state index contributed by atoms with van der Waals surface area (Å²) in [6.07, 6.45) is -8.44. The van der Waals surface area contributed by atoms with Crippen LogP contribution in [0, 0.1) is 0 Å². The number of carbonyl (C=O) groups is 1. The number of rotatable bonds is 5. The molecule has 0 aliphatic carbocycles. The number of aliphatic hydroxyl groups is 2. The largest absolute Gasteiger partial charge is 0.573 e. The molecule has 0 bridgehead atoms. The van der Waals surface area contributed by atoms with E-state index in [1.807, 2.05) is 0 Å². The van der Waals surface area contributed by atoms with Gasteiger partial charge in [-0.1, -0.05) is 6.07 Å². The molecule has 20 heavy (non-hydrogen) atoms. The molecule has 0 aliphatic heterocycles. The van der Waals surface area contributed by atoms with Crippen molar-refractivity contribution < 1.29 is 32.9 Å². The number of aliphatic hydroxyl groups excluding tert-OH is 2. The summed E-state index contributed by atoms with van der Waals surface area (Å²) in [7, 11) is 0. The van der Waals surface area contributed by atoms with E-state index in [2.05, 4.69) is 4.74 Å². The number of nitrogen functional groups attached to an aromatic ring is 1. The van der Waals surface area contributed by atoms with Gasteiger partial charge in [-0.25, -0.2) is 0 Å². The van der Waals surface area contributed by atoms with Crippen molar-refractivity contribution in [2.24, 2.45) is 5.73 Å². The maximum Gasteiger partial charge on any atom is 0.573 e. The minimum atomic E-state index is -4.86. The molecule has 1 amide bonds. The summed E-state index contributed by atoms with van der Waals surface area (Å²) < 4.78 is 39.6. The van der Waals surface area contributed by atoms with Gasteiger partial charge < -0.3 is 26.4 Å². The zero-order chi connectivity index (χ0) is 15.5. The van der Waals surface area contributed by atoms with Crippen LogP contribution in [-0.4, -0.2) is 28.6 Å². The normalized spacial score (nSPS) is 14.7. The number of benzene rings is 1. The summed E-state index contributed by atoms with van der Waals surface area (Å²) in [5.41, 5.74) is 10.1. The van der Waals surface area contributed by atoms with E-state index in [0.29, 0.717) is 0 Å². The Hall–Kier alpha value is -2.00. The number of anilines is 1. The Morgan fingerprint density at radius 1 is 1.35 bits per heavy atom. The van der Waals surface area contributed by atoms with Gasteiger partial charge in [0.1, 0.15) is 11.9 Å². The highest BCUT2D eigenvalue weighted by atomic mass is 19.4. The minimum Gasteiger partial charge on any atom is -0.406 e. The Morgan fingerprint density at radius 2 is 1.95 bits per heavy atom. The first-order chi connectivity index (χ1) is 9.10. The van der Waals surface area contributed by atoms with E-state index in [1.54, 1.807) is 0 Å². The van der Waals surface area contributed by atoms with E-state index in [1.165, 1.54) is 0 Å². The smallest absolute Gasteiger partial charge is 0.406 e. The van der Waals surface area contributed by atoms with Crippen LogP contribution in [0.5, 0.6) is 5.75 Å². The summed E-state index contributed by atoms with van der Waals surface area (Å²) in [5.74, 6) is -1.40. The molecule has 2 atom stereocenters. The van der Waals surface area contributed by atoms with Crippen molar-refractivity contribution in [2.75, 3.05) is 5.73 Å². The van der Waals surface area contributed by atoms with Crippen molar-refractivity contribution in [3.8, 4) is 5.75 Å². The SMILES string of the molecule is NC(=O)CC(O)C(O)c1ccc(OC(F)(F)F)cc1N. The average molecular weight is 294 g/mol. The van der Waals surface area contributed by atoms with Gasteiger partial charge in [-0.05, 0) is 6.07 Å². The highest BCUT2D eigenvalue weighted by molar-refractivity contribution is 5.74. The minimum absolute atomic E-state index is 0.0340. The lowest BCUT2D eigenvalue weighted by molar-refractivity contribution is -0.274. The first-order valence-electron chi connectivity index (χ1n) is 5.39. The molecule has 0 heterocycles. The fourth-order valence-electron chi connectivity index (χ4n) is 1.54. The lowest BCUT2D eigenvalue weighted by Gasteiger charge is -2.19. The summed E-state index contributed by atoms with van der Waals surface area (Å²) >= 11 is 0. The molecule has 1 rings (SSSR count). The van der Waals surface area contributed by atoms with Crippen molar-refractivity contribution in [3.05, 3.63) is 23.8 Å². The third kappa shape index (κ3) is 4.59. The predicted octanol–water partition coefficient (Wildman–Crippen LogP) is 0.437. The van der Waals surface area contributed by atoms with Crippen LogP contribution in [0.2, 0.25) is 0 Å². The van der Waals surface area contributed by atoms with Crippen LogP contribution in [-0.2, 0) is 4.79 Å². The molecular weight excluding hydrogens is 281 g/mol. The number of carbonyl (C=O) groups excluding carboxylic acids is 1. The molecule has 9 heteroatoms. The monoisotopic (exact) mass is 294 g/mol. The van der Waals surface area contributed by atoms with E-state index in [0.717, 1.165) is 18.2 Å². The van der Waals surface area contributed by atoms with Crippen molar-refractivity contribution in [3.63, 3.8) is 0 Å². The Labute approximate surface area is 111 Å². The molecule has 0 spiro atoms. The number of hydrogen-bond acceptors (Lipinski definition) is 5. The second-order valence-electron chi connectivity index (χ2n) is 4.02. The van der Waals surface area contributed by atoms with E-state index in [9.17, 15) is 28.2 Å². The Bertz CT molecular complexity index is 493. The highest BCUT2D eigenvalue weighted by Gasteiger charge is 2.31. The molecule has 0 saturated heterocycles. The quantitative estimate of drug-likeness (QED) is 0.587. The molecule has 1 aromatic carbocycles. The van der Waals surface area contributed by atoms with Gasteiger partial charge in [0, 0.05) is 17.3 Å². The first kappa shape index (κ1) is 16.1. The van der Waals surface area contributed by atoms with Gasteiger partial charge >= 0.3 is 6.36 Å². The van der Waals surface area contributed by atoms with Crippen LogP contribution in [0.3, 0.4) is 0 Å².